The molecule has 4 nitrogen and oxygen atoms in total. The average Bonchev–Trinajstić information content (AvgIpc) is 2.81. The van der Waals surface area contributed by atoms with Gasteiger partial charge in [-0.05, 0) is 45.4 Å². The summed E-state index contributed by atoms with van der Waals surface area (Å²) in [6.45, 7) is 0.291. The van der Waals surface area contributed by atoms with E-state index in [1.807, 2.05) is 11.4 Å². The van der Waals surface area contributed by atoms with E-state index in [0.717, 1.165) is 13.7 Å². The number of nitrogens with zero attached hydrogens (tertiary/aromatic N) is 1. The quantitative estimate of drug-likeness (QED) is 0.777. The molecule has 0 saturated carbocycles. The van der Waals surface area contributed by atoms with Gasteiger partial charge in [-0.1, -0.05) is 0 Å². The summed E-state index contributed by atoms with van der Waals surface area (Å²) in [7, 11) is -3.36. The molecule has 92 valence electrons. The third-order valence-electron chi connectivity index (χ3n) is 2.35. The van der Waals surface area contributed by atoms with E-state index in [1.54, 1.807) is 6.08 Å². The lowest BCUT2D eigenvalue weighted by atomic mass is 10.3. The standard InChI is InChI=1S/C10H10BrNO3S2/c11-9-6-8(7-16-9)2-3-10(13)12-4-1-5-17(12,14)15/h2-3,6-7H,1,4-5H2. The molecule has 0 radical (unpaired) electrons. The summed E-state index contributed by atoms with van der Waals surface area (Å²) in [4.78, 5) is 11.7. The van der Waals surface area contributed by atoms with Gasteiger partial charge in [-0.2, -0.15) is 0 Å². The van der Waals surface area contributed by atoms with Crippen molar-refractivity contribution >= 4 is 49.3 Å². The predicted octanol–water partition coefficient (Wildman–Crippen LogP) is 2.09. The number of carbonyl (C=O) groups is 1. The second-order valence-electron chi connectivity index (χ2n) is 3.60. The molecule has 2 rings (SSSR count). The van der Waals surface area contributed by atoms with E-state index in [0.29, 0.717) is 13.0 Å². The first kappa shape index (κ1) is 12.8. The van der Waals surface area contributed by atoms with Crippen LogP contribution in [0.15, 0.2) is 21.3 Å². The lowest BCUT2D eigenvalue weighted by Gasteiger charge is -2.11. The van der Waals surface area contributed by atoms with Crippen molar-refractivity contribution in [3.63, 3.8) is 0 Å². The summed E-state index contributed by atoms with van der Waals surface area (Å²) in [6, 6.07) is 1.87. The fourth-order valence-corrected chi connectivity index (χ4v) is 4.15. The van der Waals surface area contributed by atoms with Crippen molar-refractivity contribution in [3.8, 4) is 0 Å². The molecule has 1 saturated heterocycles. The molecule has 0 aliphatic carbocycles. The Balaban J connectivity index is 2.10. The molecule has 1 aromatic rings. The van der Waals surface area contributed by atoms with Gasteiger partial charge in [0.15, 0.2) is 0 Å². The van der Waals surface area contributed by atoms with E-state index in [2.05, 4.69) is 15.9 Å². The number of rotatable bonds is 2. The van der Waals surface area contributed by atoms with Gasteiger partial charge in [-0.3, -0.25) is 4.79 Å². The molecule has 0 aromatic carbocycles. The second-order valence-corrected chi connectivity index (χ2v) is 7.90. The Bertz CT molecular complexity index is 562. The van der Waals surface area contributed by atoms with Crippen LogP contribution in [0.25, 0.3) is 6.08 Å². The summed E-state index contributed by atoms with van der Waals surface area (Å²) in [5, 5.41) is 1.88. The molecule has 1 aromatic heterocycles. The molecule has 7 heteroatoms. The lowest BCUT2D eigenvalue weighted by molar-refractivity contribution is -0.121. The Morgan fingerprint density at radius 1 is 1.53 bits per heavy atom. The zero-order valence-electron chi connectivity index (χ0n) is 8.80. The van der Waals surface area contributed by atoms with E-state index < -0.39 is 15.9 Å². The molecule has 0 unspecified atom stereocenters. The van der Waals surface area contributed by atoms with Crippen LogP contribution in [0.4, 0.5) is 0 Å². The minimum Gasteiger partial charge on any atom is -0.269 e. The minimum atomic E-state index is -3.36. The van der Waals surface area contributed by atoms with Gasteiger partial charge in [0.1, 0.15) is 0 Å². The highest BCUT2D eigenvalue weighted by Crippen LogP contribution is 2.22. The van der Waals surface area contributed by atoms with Crippen molar-refractivity contribution in [3.05, 3.63) is 26.9 Å². The van der Waals surface area contributed by atoms with Gasteiger partial charge in [-0.15, -0.1) is 11.3 Å². The monoisotopic (exact) mass is 335 g/mol. The second kappa shape index (κ2) is 4.91. The van der Waals surface area contributed by atoms with Crippen LogP contribution in [0.5, 0.6) is 0 Å². The number of sulfonamides is 1. The molecule has 17 heavy (non-hydrogen) atoms. The smallest absolute Gasteiger partial charge is 0.260 e. The number of hydrogen-bond donors (Lipinski definition) is 0. The first-order valence-electron chi connectivity index (χ1n) is 4.95. The fourth-order valence-electron chi connectivity index (χ4n) is 1.55. The Morgan fingerprint density at radius 3 is 2.82 bits per heavy atom. The molecular weight excluding hydrogens is 326 g/mol. The highest BCUT2D eigenvalue weighted by Gasteiger charge is 2.30. The van der Waals surface area contributed by atoms with Crippen LogP contribution < -0.4 is 0 Å². The van der Waals surface area contributed by atoms with Crippen LogP contribution in [0.3, 0.4) is 0 Å². The van der Waals surface area contributed by atoms with Crippen molar-refractivity contribution in [2.24, 2.45) is 0 Å². The summed E-state index contributed by atoms with van der Waals surface area (Å²) in [5.74, 6) is -0.402. The van der Waals surface area contributed by atoms with E-state index in [-0.39, 0.29) is 5.75 Å². The molecule has 0 N–H and O–H groups in total. The van der Waals surface area contributed by atoms with E-state index in [1.165, 1.54) is 17.4 Å². The molecule has 0 bridgehead atoms. The van der Waals surface area contributed by atoms with E-state index in [9.17, 15) is 13.2 Å². The van der Waals surface area contributed by atoms with Gasteiger partial charge in [-0.25, -0.2) is 12.7 Å². The maximum atomic E-state index is 11.7. The normalized spacial score (nSPS) is 19.0. The van der Waals surface area contributed by atoms with Crippen LogP contribution >= 0.6 is 27.3 Å². The highest BCUT2D eigenvalue weighted by atomic mass is 79.9. The van der Waals surface area contributed by atoms with E-state index >= 15 is 0 Å². The summed E-state index contributed by atoms with van der Waals surface area (Å²) >= 11 is 4.83. The van der Waals surface area contributed by atoms with Gasteiger partial charge in [0.2, 0.25) is 10.0 Å². The molecule has 1 aliphatic rings. The maximum Gasteiger partial charge on any atom is 0.260 e. The Labute approximate surface area is 112 Å². The Morgan fingerprint density at radius 2 is 2.29 bits per heavy atom. The summed E-state index contributed by atoms with van der Waals surface area (Å²) < 4.78 is 24.9. The van der Waals surface area contributed by atoms with Crippen LogP contribution in [0.1, 0.15) is 12.0 Å². The molecular formula is C10H10BrNO3S2. The van der Waals surface area contributed by atoms with Gasteiger partial charge in [0.25, 0.3) is 5.91 Å². The number of halogens is 1. The number of carbonyl (C=O) groups excluding carboxylic acids is 1. The molecule has 2 heterocycles. The summed E-state index contributed by atoms with van der Waals surface area (Å²) in [5.41, 5.74) is 0.881. The maximum absolute atomic E-state index is 11.7. The largest absolute Gasteiger partial charge is 0.269 e. The van der Waals surface area contributed by atoms with Crippen LogP contribution in [-0.2, 0) is 14.8 Å². The van der Waals surface area contributed by atoms with E-state index in [4.69, 9.17) is 0 Å². The topological polar surface area (TPSA) is 54.5 Å². The molecule has 0 spiro atoms. The van der Waals surface area contributed by atoms with Crippen molar-refractivity contribution in [2.45, 2.75) is 6.42 Å². The van der Waals surface area contributed by atoms with Crippen molar-refractivity contribution < 1.29 is 13.2 Å². The predicted molar refractivity (Wildman–Crippen MR) is 71.2 cm³/mol. The van der Waals surface area contributed by atoms with Crippen molar-refractivity contribution in [1.82, 2.24) is 4.31 Å². The third kappa shape index (κ3) is 2.97. The number of thiophene rings is 1. The van der Waals surface area contributed by atoms with Gasteiger partial charge < -0.3 is 0 Å². The van der Waals surface area contributed by atoms with Gasteiger partial charge in [0.05, 0.1) is 9.54 Å². The Kier molecular flexibility index (Phi) is 3.70. The van der Waals surface area contributed by atoms with Crippen LogP contribution in [-0.4, -0.2) is 30.9 Å². The van der Waals surface area contributed by atoms with Gasteiger partial charge >= 0.3 is 0 Å². The van der Waals surface area contributed by atoms with Crippen LogP contribution in [0.2, 0.25) is 0 Å². The first-order chi connectivity index (χ1) is 7.99. The first-order valence-corrected chi connectivity index (χ1v) is 8.24. The number of hydrogen-bond acceptors (Lipinski definition) is 4. The van der Waals surface area contributed by atoms with Crippen molar-refractivity contribution in [1.29, 1.82) is 0 Å². The minimum absolute atomic E-state index is 0.0661. The lowest BCUT2D eigenvalue weighted by Crippen LogP contribution is -2.30. The molecule has 1 fully saturated rings. The highest BCUT2D eigenvalue weighted by molar-refractivity contribution is 9.11. The molecule has 0 atom stereocenters. The zero-order valence-corrected chi connectivity index (χ0v) is 12.0. The summed E-state index contributed by atoms with van der Waals surface area (Å²) in [6.07, 6.45) is 3.45. The zero-order chi connectivity index (χ0) is 12.5. The average molecular weight is 336 g/mol. The molecule has 1 aliphatic heterocycles. The Hall–Kier alpha value is -0.660. The van der Waals surface area contributed by atoms with Gasteiger partial charge in [0, 0.05) is 12.6 Å². The molecule has 1 amide bonds. The number of amides is 1. The van der Waals surface area contributed by atoms with Crippen molar-refractivity contribution in [2.75, 3.05) is 12.3 Å². The SMILES string of the molecule is O=C(C=Cc1csc(Br)c1)N1CCCS1(=O)=O. The fraction of sp³-hybridized carbons (Fsp3) is 0.300. The van der Waals surface area contributed by atoms with Crippen LogP contribution in [0, 0.1) is 0 Å². The third-order valence-corrected chi connectivity index (χ3v) is 5.71.